The van der Waals surface area contributed by atoms with Crippen LogP contribution >= 0.6 is 0 Å². The first-order valence-electron chi connectivity index (χ1n) is 12.7. The smallest absolute Gasteiger partial charge is 0.293 e. The molecule has 6 heteroatoms. The van der Waals surface area contributed by atoms with Crippen molar-refractivity contribution in [2.75, 3.05) is 24.6 Å². The topological polar surface area (TPSA) is 85.0 Å². The van der Waals surface area contributed by atoms with E-state index in [2.05, 4.69) is 35.2 Å². The minimum absolute atomic E-state index is 0.0916. The quantitative estimate of drug-likeness (QED) is 0.393. The number of ether oxygens (including phenoxy) is 2. The third kappa shape index (κ3) is 5.25. The van der Waals surface area contributed by atoms with Crippen LogP contribution in [0.4, 0.5) is 5.69 Å². The van der Waals surface area contributed by atoms with Crippen molar-refractivity contribution in [3.8, 4) is 16.9 Å². The van der Waals surface area contributed by atoms with Crippen molar-refractivity contribution in [2.24, 2.45) is 11.1 Å². The van der Waals surface area contributed by atoms with Crippen molar-refractivity contribution in [3.63, 3.8) is 0 Å². The summed E-state index contributed by atoms with van der Waals surface area (Å²) in [5.41, 5.74) is 12.8. The van der Waals surface area contributed by atoms with Gasteiger partial charge >= 0.3 is 0 Å². The molecule has 0 aromatic heterocycles. The molecule has 5 rings (SSSR count). The molecule has 1 saturated heterocycles. The monoisotopic (exact) mass is 486 g/mol. The van der Waals surface area contributed by atoms with Crippen molar-refractivity contribution in [3.05, 3.63) is 83.4 Å². The first kappa shape index (κ1) is 24.3. The number of carbonyl (C=O) groups is 1. The summed E-state index contributed by atoms with van der Waals surface area (Å²) in [5.74, 6) is 0.705. The van der Waals surface area contributed by atoms with Crippen LogP contribution in [0.1, 0.15) is 48.4 Å². The standard InChI is InChI=1S/C30H34N2O4/c31-28(16-33)24-8-5-7-23(14-24)26-12-22(17-36-29-9-2-1-6-25(29)18-35-21-34)13-27(15-26)32-19-30(20-32)10-3-4-11-30/h1-2,5-9,12-15,21,28,33H,3-4,10-11,16-20,31H2. The van der Waals surface area contributed by atoms with Gasteiger partial charge in [0.25, 0.3) is 6.47 Å². The number of carbonyl (C=O) groups excluding carboxylic acids is 1. The van der Waals surface area contributed by atoms with Crippen LogP contribution in [-0.4, -0.2) is 31.3 Å². The Morgan fingerprint density at radius 3 is 2.56 bits per heavy atom. The molecule has 1 spiro atoms. The average Bonchev–Trinajstić information content (AvgIpc) is 3.40. The lowest BCUT2D eigenvalue weighted by Crippen LogP contribution is -2.55. The Morgan fingerprint density at radius 2 is 1.78 bits per heavy atom. The molecule has 188 valence electrons. The Labute approximate surface area is 212 Å². The van der Waals surface area contributed by atoms with Crippen molar-refractivity contribution in [2.45, 2.75) is 44.9 Å². The molecule has 3 aromatic carbocycles. The molecule has 1 atom stereocenters. The number of nitrogens with two attached hydrogens (primary N) is 1. The largest absolute Gasteiger partial charge is 0.488 e. The lowest BCUT2D eigenvalue weighted by Gasteiger charge is -2.50. The first-order valence-corrected chi connectivity index (χ1v) is 12.7. The van der Waals surface area contributed by atoms with Gasteiger partial charge < -0.3 is 25.2 Å². The van der Waals surface area contributed by atoms with E-state index in [1.165, 1.54) is 31.4 Å². The molecular weight excluding hydrogens is 452 g/mol. The highest BCUT2D eigenvalue weighted by molar-refractivity contribution is 5.71. The molecule has 1 saturated carbocycles. The van der Waals surface area contributed by atoms with Gasteiger partial charge in [-0.05, 0) is 65.4 Å². The maximum absolute atomic E-state index is 10.7. The summed E-state index contributed by atoms with van der Waals surface area (Å²) < 4.78 is 11.2. The van der Waals surface area contributed by atoms with Gasteiger partial charge in [0, 0.05) is 29.8 Å². The minimum atomic E-state index is -0.404. The van der Waals surface area contributed by atoms with Gasteiger partial charge in [0.15, 0.2) is 0 Å². The molecule has 0 radical (unpaired) electrons. The molecule has 3 N–H and O–H groups in total. The number of aliphatic hydroxyl groups excluding tert-OH is 1. The normalized spacial score (nSPS) is 17.0. The van der Waals surface area contributed by atoms with Gasteiger partial charge in [0.2, 0.25) is 0 Å². The van der Waals surface area contributed by atoms with E-state index in [4.69, 9.17) is 15.2 Å². The van der Waals surface area contributed by atoms with Gasteiger partial charge in [-0.2, -0.15) is 0 Å². The number of hydrogen-bond donors (Lipinski definition) is 2. The zero-order chi connectivity index (χ0) is 25.0. The minimum Gasteiger partial charge on any atom is -0.488 e. The third-order valence-electron chi connectivity index (χ3n) is 7.58. The summed E-state index contributed by atoms with van der Waals surface area (Å²) in [7, 11) is 0. The van der Waals surface area contributed by atoms with Crippen LogP contribution in [0.25, 0.3) is 11.1 Å². The summed E-state index contributed by atoms with van der Waals surface area (Å²) in [5, 5.41) is 9.53. The summed E-state index contributed by atoms with van der Waals surface area (Å²) >= 11 is 0. The van der Waals surface area contributed by atoms with Crippen LogP contribution in [-0.2, 0) is 22.7 Å². The van der Waals surface area contributed by atoms with Crippen molar-refractivity contribution < 1.29 is 19.4 Å². The maximum Gasteiger partial charge on any atom is 0.293 e. The second-order valence-corrected chi connectivity index (χ2v) is 10.2. The molecule has 0 amide bonds. The summed E-state index contributed by atoms with van der Waals surface area (Å²) in [4.78, 5) is 13.1. The fourth-order valence-corrected chi connectivity index (χ4v) is 5.60. The lowest BCUT2D eigenvalue weighted by molar-refractivity contribution is -0.129. The van der Waals surface area contributed by atoms with E-state index in [1.54, 1.807) is 0 Å². The van der Waals surface area contributed by atoms with Crippen molar-refractivity contribution in [1.82, 2.24) is 0 Å². The Kier molecular flexibility index (Phi) is 7.25. The highest BCUT2D eigenvalue weighted by Gasteiger charge is 2.44. The highest BCUT2D eigenvalue weighted by Crippen LogP contribution is 2.47. The SMILES string of the molecule is NC(CO)c1cccc(-c2cc(COc3ccccc3COC=O)cc(N3CC4(CCCC4)C3)c2)c1. The second kappa shape index (κ2) is 10.7. The number of para-hydroxylation sites is 1. The number of benzene rings is 3. The number of aliphatic hydroxyl groups is 1. The van der Waals surface area contributed by atoms with Crippen LogP contribution in [0.15, 0.2) is 66.7 Å². The molecule has 1 heterocycles. The molecule has 1 unspecified atom stereocenters. The Hall–Kier alpha value is -3.35. The van der Waals surface area contributed by atoms with E-state index < -0.39 is 6.04 Å². The molecule has 36 heavy (non-hydrogen) atoms. The van der Waals surface area contributed by atoms with Gasteiger partial charge in [0.05, 0.1) is 12.6 Å². The predicted octanol–water partition coefficient (Wildman–Crippen LogP) is 4.98. The molecule has 3 aromatic rings. The molecular formula is C30H34N2O4. The molecule has 1 aliphatic carbocycles. The van der Waals surface area contributed by atoms with E-state index in [0.717, 1.165) is 40.9 Å². The third-order valence-corrected chi connectivity index (χ3v) is 7.58. The molecule has 2 aliphatic rings. The summed E-state index contributed by atoms with van der Waals surface area (Å²) in [6.07, 6.45) is 5.36. The van der Waals surface area contributed by atoms with Crippen LogP contribution < -0.4 is 15.4 Å². The van der Waals surface area contributed by atoms with Crippen LogP contribution in [0.5, 0.6) is 5.75 Å². The van der Waals surface area contributed by atoms with Crippen LogP contribution in [0, 0.1) is 5.41 Å². The van der Waals surface area contributed by atoms with Crippen molar-refractivity contribution in [1.29, 1.82) is 0 Å². The summed E-state index contributed by atoms with van der Waals surface area (Å²) in [6, 6.07) is 21.9. The first-order chi connectivity index (χ1) is 17.6. The Bertz CT molecular complexity index is 1200. The maximum atomic E-state index is 10.7. The molecule has 6 nitrogen and oxygen atoms in total. The van der Waals surface area contributed by atoms with Crippen LogP contribution in [0.3, 0.4) is 0 Å². The molecule has 2 fully saturated rings. The number of anilines is 1. The van der Waals surface area contributed by atoms with E-state index in [0.29, 0.717) is 24.2 Å². The van der Waals surface area contributed by atoms with Gasteiger partial charge in [-0.15, -0.1) is 0 Å². The zero-order valence-electron chi connectivity index (χ0n) is 20.6. The predicted molar refractivity (Wildman–Crippen MR) is 141 cm³/mol. The van der Waals surface area contributed by atoms with Gasteiger partial charge in [-0.25, -0.2) is 0 Å². The van der Waals surface area contributed by atoms with E-state index in [1.807, 2.05) is 36.4 Å². The van der Waals surface area contributed by atoms with E-state index in [9.17, 15) is 9.90 Å². The Morgan fingerprint density at radius 1 is 0.972 bits per heavy atom. The zero-order valence-corrected chi connectivity index (χ0v) is 20.6. The average molecular weight is 487 g/mol. The second-order valence-electron chi connectivity index (χ2n) is 10.2. The van der Waals surface area contributed by atoms with Gasteiger partial charge in [0.1, 0.15) is 19.0 Å². The van der Waals surface area contributed by atoms with E-state index in [-0.39, 0.29) is 13.2 Å². The number of rotatable bonds is 10. The van der Waals surface area contributed by atoms with Gasteiger partial charge in [-0.3, -0.25) is 4.79 Å². The highest BCUT2D eigenvalue weighted by atomic mass is 16.5. The summed E-state index contributed by atoms with van der Waals surface area (Å²) in [6.45, 7) is 3.15. The molecule has 0 bridgehead atoms. The molecule has 1 aliphatic heterocycles. The number of nitrogens with zero attached hydrogens (tertiary/aromatic N) is 1. The van der Waals surface area contributed by atoms with Gasteiger partial charge in [-0.1, -0.05) is 49.2 Å². The van der Waals surface area contributed by atoms with Crippen LogP contribution in [0.2, 0.25) is 0 Å². The number of hydrogen-bond acceptors (Lipinski definition) is 6. The van der Waals surface area contributed by atoms with E-state index >= 15 is 0 Å². The van der Waals surface area contributed by atoms with Crippen molar-refractivity contribution >= 4 is 12.2 Å². The lowest BCUT2D eigenvalue weighted by atomic mass is 9.78. The fraction of sp³-hybridized carbons (Fsp3) is 0.367. The Balaban J connectivity index is 1.42. The fourth-order valence-electron chi connectivity index (χ4n) is 5.60.